The number of carbonyl (C=O) groups is 2. The zero-order valence-corrected chi connectivity index (χ0v) is 20.5. The molecule has 0 bridgehead atoms. The number of ether oxygens (including phenoxy) is 1. The minimum atomic E-state index is -0.997. The van der Waals surface area contributed by atoms with Crippen molar-refractivity contribution in [3.05, 3.63) is 74.0 Å². The third-order valence-corrected chi connectivity index (χ3v) is 6.39. The molecule has 0 spiro atoms. The topological polar surface area (TPSA) is 79.2 Å². The van der Waals surface area contributed by atoms with Gasteiger partial charge < -0.3 is 9.84 Å². The molecule has 1 saturated heterocycles. The van der Waals surface area contributed by atoms with E-state index in [0.717, 1.165) is 14.5 Å². The quantitative estimate of drug-likeness (QED) is 0.324. The number of amides is 1. The Bertz CT molecular complexity index is 1070. The van der Waals surface area contributed by atoms with Gasteiger partial charge in [0, 0.05) is 6.54 Å². The lowest BCUT2D eigenvalue weighted by molar-refractivity contribution is -0.122. The van der Waals surface area contributed by atoms with Crippen molar-refractivity contribution in [3.63, 3.8) is 0 Å². The zero-order valence-electron chi connectivity index (χ0n) is 16.5. The normalized spacial score (nSPS) is 16.2. The van der Waals surface area contributed by atoms with E-state index in [1.165, 1.54) is 23.9 Å². The van der Waals surface area contributed by atoms with Gasteiger partial charge >= 0.3 is 5.97 Å². The summed E-state index contributed by atoms with van der Waals surface area (Å²) in [5.41, 5.74) is 1.58. The molecular formula is C22H18Br2N2O4S. The first kappa shape index (κ1) is 23.3. The first-order chi connectivity index (χ1) is 14.8. The van der Waals surface area contributed by atoms with E-state index in [1.807, 2.05) is 19.1 Å². The molecule has 2 aromatic rings. The number of rotatable bonds is 7. The second-order valence-corrected chi connectivity index (χ2v) is 9.04. The standard InChI is InChI=1S/C22H18Br2N2O4S/c1-3-9-30-19-16(23)10-13(11-17(19)24)12-18-20(27)26(4-2)22(31-18)25-15-7-5-14(6-8-15)21(28)29/h3,5-8,10-12H,1,4,9H2,2H3,(H,28,29)/b18-12-,25-22?. The first-order valence-corrected chi connectivity index (χ1v) is 11.6. The van der Waals surface area contributed by atoms with Crippen molar-refractivity contribution in [1.29, 1.82) is 0 Å². The Morgan fingerprint density at radius 1 is 1.26 bits per heavy atom. The fraction of sp³-hybridized carbons (Fsp3) is 0.136. The lowest BCUT2D eigenvalue weighted by Crippen LogP contribution is -2.28. The number of likely N-dealkylation sites (N-methyl/N-ethyl adjacent to an activating group) is 1. The van der Waals surface area contributed by atoms with Crippen molar-refractivity contribution in [2.75, 3.05) is 13.2 Å². The van der Waals surface area contributed by atoms with Crippen LogP contribution >= 0.6 is 43.6 Å². The van der Waals surface area contributed by atoms with E-state index in [1.54, 1.807) is 29.2 Å². The highest BCUT2D eigenvalue weighted by Crippen LogP contribution is 2.38. The second-order valence-electron chi connectivity index (χ2n) is 6.32. The summed E-state index contributed by atoms with van der Waals surface area (Å²) < 4.78 is 7.15. The second kappa shape index (κ2) is 10.3. The summed E-state index contributed by atoms with van der Waals surface area (Å²) in [6, 6.07) is 9.96. The molecule has 1 fully saturated rings. The summed E-state index contributed by atoms with van der Waals surface area (Å²) in [5, 5.41) is 9.58. The minimum Gasteiger partial charge on any atom is -0.487 e. The number of nitrogens with zero attached hydrogens (tertiary/aromatic N) is 2. The summed E-state index contributed by atoms with van der Waals surface area (Å²) in [4.78, 5) is 30.6. The average molecular weight is 566 g/mol. The van der Waals surface area contributed by atoms with E-state index in [-0.39, 0.29) is 11.5 Å². The smallest absolute Gasteiger partial charge is 0.335 e. The molecule has 1 aliphatic heterocycles. The predicted molar refractivity (Wildman–Crippen MR) is 131 cm³/mol. The third-order valence-electron chi connectivity index (χ3n) is 4.21. The maximum absolute atomic E-state index is 12.9. The molecule has 160 valence electrons. The largest absolute Gasteiger partial charge is 0.487 e. The van der Waals surface area contributed by atoms with Crippen LogP contribution in [0.5, 0.6) is 5.75 Å². The van der Waals surface area contributed by atoms with Gasteiger partial charge in [-0.05, 0) is 98.6 Å². The van der Waals surface area contributed by atoms with Gasteiger partial charge in [0.1, 0.15) is 12.4 Å². The minimum absolute atomic E-state index is 0.132. The van der Waals surface area contributed by atoms with Crippen LogP contribution in [-0.4, -0.2) is 40.2 Å². The highest BCUT2D eigenvalue weighted by atomic mass is 79.9. The predicted octanol–water partition coefficient (Wildman–Crippen LogP) is 6.10. The molecule has 1 amide bonds. The van der Waals surface area contributed by atoms with Crippen LogP contribution in [0.1, 0.15) is 22.8 Å². The van der Waals surface area contributed by atoms with Crippen molar-refractivity contribution in [1.82, 2.24) is 4.90 Å². The van der Waals surface area contributed by atoms with Gasteiger partial charge in [-0.3, -0.25) is 9.69 Å². The monoisotopic (exact) mass is 564 g/mol. The van der Waals surface area contributed by atoms with E-state index in [4.69, 9.17) is 9.84 Å². The number of hydrogen-bond acceptors (Lipinski definition) is 5. The Kier molecular flexibility index (Phi) is 7.74. The molecule has 9 heteroatoms. The Morgan fingerprint density at radius 3 is 2.45 bits per heavy atom. The van der Waals surface area contributed by atoms with E-state index in [2.05, 4.69) is 43.4 Å². The number of aromatic carboxylic acids is 1. The molecule has 31 heavy (non-hydrogen) atoms. The van der Waals surface area contributed by atoms with E-state index in [9.17, 15) is 9.59 Å². The molecule has 2 aromatic carbocycles. The third kappa shape index (κ3) is 5.47. The number of carbonyl (C=O) groups excluding carboxylic acids is 1. The van der Waals surface area contributed by atoms with Gasteiger partial charge in [-0.2, -0.15) is 0 Å². The number of aliphatic imine (C=N–C) groups is 1. The van der Waals surface area contributed by atoms with Crippen LogP contribution in [0.15, 0.2) is 67.9 Å². The number of amidine groups is 1. The van der Waals surface area contributed by atoms with E-state index >= 15 is 0 Å². The summed E-state index contributed by atoms with van der Waals surface area (Å²) in [6.45, 7) is 6.37. The number of benzene rings is 2. The molecule has 0 atom stereocenters. The van der Waals surface area contributed by atoms with Gasteiger partial charge in [0.05, 0.1) is 25.1 Å². The molecular weight excluding hydrogens is 548 g/mol. The Balaban J connectivity index is 1.89. The molecule has 0 aromatic heterocycles. The summed E-state index contributed by atoms with van der Waals surface area (Å²) in [6.07, 6.45) is 3.47. The number of carboxylic acid groups (broad SMARTS) is 1. The van der Waals surface area contributed by atoms with Crippen LogP contribution in [0.25, 0.3) is 6.08 Å². The maximum Gasteiger partial charge on any atom is 0.335 e. The molecule has 0 radical (unpaired) electrons. The van der Waals surface area contributed by atoms with Gasteiger partial charge in [-0.25, -0.2) is 9.79 Å². The lowest BCUT2D eigenvalue weighted by Gasteiger charge is -2.12. The van der Waals surface area contributed by atoms with E-state index in [0.29, 0.717) is 34.7 Å². The van der Waals surface area contributed by atoms with Crippen molar-refractivity contribution in [2.24, 2.45) is 4.99 Å². The van der Waals surface area contributed by atoms with Crippen LogP contribution in [0.2, 0.25) is 0 Å². The number of halogens is 2. The molecule has 1 heterocycles. The van der Waals surface area contributed by atoms with Gasteiger partial charge in [0.25, 0.3) is 5.91 Å². The van der Waals surface area contributed by atoms with Crippen molar-refractivity contribution in [2.45, 2.75) is 6.92 Å². The fourth-order valence-electron chi connectivity index (χ4n) is 2.75. The molecule has 0 saturated carbocycles. The molecule has 6 nitrogen and oxygen atoms in total. The Morgan fingerprint density at radius 2 is 1.90 bits per heavy atom. The Hall–Kier alpha value is -2.36. The number of hydrogen-bond donors (Lipinski definition) is 1. The highest BCUT2D eigenvalue weighted by molar-refractivity contribution is 9.11. The highest BCUT2D eigenvalue weighted by Gasteiger charge is 2.32. The van der Waals surface area contributed by atoms with Crippen molar-refractivity contribution in [3.8, 4) is 5.75 Å². The van der Waals surface area contributed by atoms with Crippen LogP contribution in [0.4, 0.5) is 5.69 Å². The van der Waals surface area contributed by atoms with Crippen LogP contribution in [-0.2, 0) is 4.79 Å². The van der Waals surface area contributed by atoms with Crippen LogP contribution in [0.3, 0.4) is 0 Å². The zero-order chi connectivity index (χ0) is 22.5. The van der Waals surface area contributed by atoms with Crippen LogP contribution < -0.4 is 4.74 Å². The summed E-state index contributed by atoms with van der Waals surface area (Å²) in [5.74, 6) is -0.467. The van der Waals surface area contributed by atoms with Gasteiger partial charge in [-0.1, -0.05) is 12.7 Å². The maximum atomic E-state index is 12.9. The molecule has 1 aliphatic rings. The summed E-state index contributed by atoms with van der Waals surface area (Å²) in [7, 11) is 0. The Labute approximate surface area is 200 Å². The van der Waals surface area contributed by atoms with Gasteiger partial charge in [0.15, 0.2) is 5.17 Å². The molecule has 1 N–H and O–H groups in total. The summed E-state index contributed by atoms with van der Waals surface area (Å²) >= 11 is 8.29. The number of carboxylic acids is 1. The average Bonchev–Trinajstić information content (AvgIpc) is 3.01. The molecule has 0 unspecified atom stereocenters. The number of thioether (sulfide) groups is 1. The van der Waals surface area contributed by atoms with Crippen molar-refractivity contribution >= 4 is 72.4 Å². The molecule has 0 aliphatic carbocycles. The van der Waals surface area contributed by atoms with E-state index < -0.39 is 5.97 Å². The lowest BCUT2D eigenvalue weighted by atomic mass is 10.2. The van der Waals surface area contributed by atoms with Crippen molar-refractivity contribution < 1.29 is 19.4 Å². The SMILES string of the molecule is C=CCOc1c(Br)cc(/C=C2\SC(=Nc3ccc(C(=O)O)cc3)N(CC)C2=O)cc1Br. The van der Waals surface area contributed by atoms with Gasteiger partial charge in [-0.15, -0.1) is 0 Å². The van der Waals surface area contributed by atoms with Crippen LogP contribution in [0, 0.1) is 0 Å². The van der Waals surface area contributed by atoms with Gasteiger partial charge in [0.2, 0.25) is 0 Å². The fourth-order valence-corrected chi connectivity index (χ4v) is 5.27. The molecule has 3 rings (SSSR count). The first-order valence-electron chi connectivity index (χ1n) is 9.20.